The molecule has 1 aliphatic heterocycles. The van der Waals surface area contributed by atoms with Crippen molar-refractivity contribution >= 4 is 11.3 Å². The number of anilines is 1. The smallest absolute Gasteiger partial charge is 0.129 e. The van der Waals surface area contributed by atoms with Gasteiger partial charge in [-0.25, -0.2) is 5.06 Å². The number of nitrogens with zero attached hydrogens (tertiary/aromatic N) is 1. The molecule has 0 saturated heterocycles. The van der Waals surface area contributed by atoms with Crippen molar-refractivity contribution in [2.45, 2.75) is 6.10 Å². The summed E-state index contributed by atoms with van der Waals surface area (Å²) in [7, 11) is 0. The van der Waals surface area contributed by atoms with E-state index in [-0.39, 0.29) is 6.10 Å². The van der Waals surface area contributed by atoms with Crippen LogP contribution in [0.5, 0.6) is 0 Å². The fourth-order valence-electron chi connectivity index (χ4n) is 2.98. The van der Waals surface area contributed by atoms with Gasteiger partial charge in [0.15, 0.2) is 0 Å². The lowest BCUT2D eigenvalue weighted by atomic mass is 9.99. The maximum Gasteiger partial charge on any atom is 0.129 e. The van der Waals surface area contributed by atoms with Gasteiger partial charge in [0.1, 0.15) is 6.10 Å². The standard InChI is InChI=1S/C22H19NO/c1-4-10-18(11-5-1)20-16-22(19-12-6-2-7-13-19)24-23(17-20)21-14-8-3-9-15-21/h1-16,22H,17H2. The predicted octanol–water partition coefficient (Wildman–Crippen LogP) is 5.26. The second-order valence-electron chi connectivity index (χ2n) is 5.87. The average Bonchev–Trinajstić information content (AvgIpc) is 2.70. The molecule has 0 N–H and O–H groups in total. The first-order chi connectivity index (χ1) is 11.9. The van der Waals surface area contributed by atoms with Gasteiger partial charge in [0.2, 0.25) is 0 Å². The summed E-state index contributed by atoms with van der Waals surface area (Å²) in [6.45, 7) is 0.733. The minimum atomic E-state index is -0.0876. The minimum absolute atomic E-state index is 0.0876. The van der Waals surface area contributed by atoms with Crippen LogP contribution in [0.3, 0.4) is 0 Å². The Bertz CT molecular complexity index is 812. The lowest BCUT2D eigenvalue weighted by Crippen LogP contribution is -2.31. The topological polar surface area (TPSA) is 12.5 Å². The van der Waals surface area contributed by atoms with Crippen LogP contribution in [0.15, 0.2) is 97.1 Å². The van der Waals surface area contributed by atoms with Crippen LogP contribution in [0.1, 0.15) is 17.2 Å². The molecular formula is C22H19NO. The molecule has 118 valence electrons. The maximum atomic E-state index is 6.27. The Morgan fingerprint density at radius 1 is 0.708 bits per heavy atom. The molecule has 0 saturated carbocycles. The van der Waals surface area contributed by atoms with Crippen LogP contribution >= 0.6 is 0 Å². The highest BCUT2D eigenvalue weighted by Gasteiger charge is 2.23. The number of hydrogen-bond acceptors (Lipinski definition) is 2. The number of para-hydroxylation sites is 1. The van der Waals surface area contributed by atoms with E-state index >= 15 is 0 Å². The van der Waals surface area contributed by atoms with E-state index in [2.05, 4.69) is 66.7 Å². The first-order valence-electron chi connectivity index (χ1n) is 8.20. The van der Waals surface area contributed by atoms with Crippen LogP contribution in [0.2, 0.25) is 0 Å². The van der Waals surface area contributed by atoms with Gasteiger partial charge in [-0.3, -0.25) is 4.84 Å². The van der Waals surface area contributed by atoms with Crippen molar-refractivity contribution < 1.29 is 4.84 Å². The molecule has 0 radical (unpaired) electrons. The molecule has 1 unspecified atom stereocenters. The van der Waals surface area contributed by atoms with Crippen molar-refractivity contribution in [1.82, 2.24) is 0 Å². The largest absolute Gasteiger partial charge is 0.261 e. The van der Waals surface area contributed by atoms with E-state index in [0.29, 0.717) is 0 Å². The first-order valence-corrected chi connectivity index (χ1v) is 8.20. The molecule has 0 spiro atoms. The third-order valence-corrected chi connectivity index (χ3v) is 4.22. The summed E-state index contributed by atoms with van der Waals surface area (Å²) in [5.74, 6) is 0. The molecule has 3 aromatic rings. The summed E-state index contributed by atoms with van der Waals surface area (Å²) in [5.41, 5.74) is 4.74. The summed E-state index contributed by atoms with van der Waals surface area (Å²) in [6.07, 6.45) is 2.14. The van der Waals surface area contributed by atoms with E-state index in [9.17, 15) is 0 Å². The van der Waals surface area contributed by atoms with Gasteiger partial charge in [0.05, 0.1) is 12.2 Å². The zero-order valence-electron chi connectivity index (χ0n) is 13.4. The normalized spacial score (nSPS) is 17.4. The SMILES string of the molecule is C1=C(c2ccccc2)CN(c2ccccc2)OC1c1ccccc1. The van der Waals surface area contributed by atoms with Crippen LogP contribution in [0, 0.1) is 0 Å². The Hall–Kier alpha value is -2.84. The van der Waals surface area contributed by atoms with Crippen molar-refractivity contribution in [2.24, 2.45) is 0 Å². The molecule has 0 fully saturated rings. The maximum absolute atomic E-state index is 6.27. The summed E-state index contributed by atoms with van der Waals surface area (Å²) in [4.78, 5) is 6.27. The van der Waals surface area contributed by atoms with Gasteiger partial charge in [0.25, 0.3) is 0 Å². The Labute approximate surface area is 142 Å². The molecule has 2 heteroatoms. The highest BCUT2D eigenvalue weighted by molar-refractivity contribution is 5.71. The molecule has 24 heavy (non-hydrogen) atoms. The second-order valence-corrected chi connectivity index (χ2v) is 5.87. The van der Waals surface area contributed by atoms with Gasteiger partial charge < -0.3 is 0 Å². The van der Waals surface area contributed by atoms with E-state index in [1.807, 2.05) is 35.4 Å². The predicted molar refractivity (Wildman–Crippen MR) is 98.5 cm³/mol. The minimum Gasteiger partial charge on any atom is -0.261 e. The monoisotopic (exact) mass is 313 g/mol. The highest BCUT2D eigenvalue weighted by Crippen LogP contribution is 2.33. The van der Waals surface area contributed by atoms with Crippen molar-refractivity contribution in [3.63, 3.8) is 0 Å². The van der Waals surface area contributed by atoms with E-state index < -0.39 is 0 Å². The number of rotatable bonds is 3. The highest BCUT2D eigenvalue weighted by atomic mass is 16.7. The van der Waals surface area contributed by atoms with Crippen LogP contribution in [0.25, 0.3) is 5.57 Å². The van der Waals surface area contributed by atoms with E-state index in [1.54, 1.807) is 0 Å². The molecule has 1 atom stereocenters. The Morgan fingerprint density at radius 2 is 1.29 bits per heavy atom. The molecule has 0 aliphatic carbocycles. The van der Waals surface area contributed by atoms with Crippen molar-refractivity contribution in [2.75, 3.05) is 11.6 Å². The Kier molecular flexibility index (Phi) is 4.13. The molecule has 0 amide bonds. The fourth-order valence-corrected chi connectivity index (χ4v) is 2.98. The quantitative estimate of drug-likeness (QED) is 0.653. The lowest BCUT2D eigenvalue weighted by molar-refractivity contribution is 0.0609. The Morgan fingerprint density at radius 3 is 1.96 bits per heavy atom. The molecule has 1 heterocycles. The average molecular weight is 313 g/mol. The van der Waals surface area contributed by atoms with Crippen LogP contribution in [-0.2, 0) is 4.84 Å². The van der Waals surface area contributed by atoms with E-state index in [4.69, 9.17) is 4.84 Å². The summed E-state index contributed by atoms with van der Waals surface area (Å²) < 4.78 is 0. The number of hydrogen-bond donors (Lipinski definition) is 0. The van der Waals surface area contributed by atoms with Gasteiger partial charge in [-0.1, -0.05) is 78.9 Å². The van der Waals surface area contributed by atoms with Gasteiger partial charge in [-0.2, -0.15) is 0 Å². The molecule has 0 aromatic heterocycles. The van der Waals surface area contributed by atoms with Gasteiger partial charge in [-0.05, 0) is 34.9 Å². The van der Waals surface area contributed by atoms with Crippen molar-refractivity contribution in [1.29, 1.82) is 0 Å². The fraction of sp³-hybridized carbons (Fsp3) is 0.0909. The third kappa shape index (κ3) is 3.10. The molecule has 1 aliphatic rings. The Balaban J connectivity index is 1.73. The molecule has 2 nitrogen and oxygen atoms in total. The van der Waals surface area contributed by atoms with Gasteiger partial charge in [0, 0.05) is 0 Å². The summed E-state index contributed by atoms with van der Waals surface area (Å²) >= 11 is 0. The summed E-state index contributed by atoms with van der Waals surface area (Å²) in [5, 5.41) is 1.99. The van der Waals surface area contributed by atoms with Crippen LogP contribution in [-0.4, -0.2) is 6.54 Å². The number of benzene rings is 3. The molecular weight excluding hydrogens is 294 g/mol. The summed E-state index contributed by atoms with van der Waals surface area (Å²) in [6, 6.07) is 31.1. The molecule has 0 bridgehead atoms. The molecule has 3 aromatic carbocycles. The molecule has 4 rings (SSSR count). The van der Waals surface area contributed by atoms with Gasteiger partial charge >= 0.3 is 0 Å². The van der Waals surface area contributed by atoms with E-state index in [0.717, 1.165) is 17.8 Å². The zero-order valence-corrected chi connectivity index (χ0v) is 13.4. The lowest BCUT2D eigenvalue weighted by Gasteiger charge is -2.33. The third-order valence-electron chi connectivity index (χ3n) is 4.22. The van der Waals surface area contributed by atoms with Crippen molar-refractivity contribution in [3.05, 3.63) is 108 Å². The van der Waals surface area contributed by atoms with E-state index in [1.165, 1.54) is 11.1 Å². The van der Waals surface area contributed by atoms with Crippen molar-refractivity contribution in [3.8, 4) is 0 Å². The zero-order chi connectivity index (χ0) is 16.2. The van der Waals surface area contributed by atoms with Crippen LogP contribution in [0.4, 0.5) is 5.69 Å². The van der Waals surface area contributed by atoms with Crippen LogP contribution < -0.4 is 5.06 Å². The first kappa shape index (κ1) is 14.7. The second kappa shape index (κ2) is 6.73. The van der Waals surface area contributed by atoms with Gasteiger partial charge in [-0.15, -0.1) is 0 Å². The number of hydroxylamine groups is 1.